The number of halogens is 2. The number of nitrogens with one attached hydrogen (secondary N) is 2. The fourth-order valence-electron chi connectivity index (χ4n) is 3.48. The third kappa shape index (κ3) is 5.29. The van der Waals surface area contributed by atoms with Crippen LogP contribution in [0.5, 0.6) is 0 Å². The number of aryl methyl sites for hydroxylation is 1. The number of rotatable bonds is 5. The largest absolute Gasteiger partial charge is 0.373 e. The zero-order valence-corrected chi connectivity index (χ0v) is 16.3. The van der Waals surface area contributed by atoms with Crippen LogP contribution in [0.15, 0.2) is 47.5 Å². The van der Waals surface area contributed by atoms with E-state index in [-0.39, 0.29) is 18.2 Å². The molecule has 1 aliphatic heterocycles. The molecule has 2 aromatic carbocycles. The quantitative estimate of drug-likeness (QED) is 0.600. The fraction of sp³-hybridized carbons (Fsp3) is 0.409. The van der Waals surface area contributed by atoms with Crippen LogP contribution < -0.4 is 10.6 Å². The Labute approximate surface area is 165 Å². The van der Waals surface area contributed by atoms with Crippen LogP contribution in [-0.2, 0) is 11.3 Å². The van der Waals surface area contributed by atoms with E-state index in [1.807, 2.05) is 0 Å². The van der Waals surface area contributed by atoms with Crippen LogP contribution in [0.4, 0.5) is 8.78 Å². The van der Waals surface area contributed by atoms with Crippen molar-refractivity contribution in [1.29, 1.82) is 0 Å². The fourth-order valence-corrected chi connectivity index (χ4v) is 3.48. The molecule has 150 valence electrons. The maximum absolute atomic E-state index is 13.8. The number of guanidine groups is 1. The minimum atomic E-state index is -0.457. The molecule has 0 bridgehead atoms. The van der Waals surface area contributed by atoms with E-state index in [0.717, 1.165) is 31.6 Å². The summed E-state index contributed by atoms with van der Waals surface area (Å²) in [5.41, 5.74) is 2.67. The van der Waals surface area contributed by atoms with Crippen LogP contribution in [-0.4, -0.2) is 26.2 Å². The van der Waals surface area contributed by atoms with Crippen molar-refractivity contribution in [3.05, 3.63) is 70.8 Å². The molecule has 1 saturated heterocycles. The van der Waals surface area contributed by atoms with Crippen molar-refractivity contribution in [2.45, 2.75) is 32.4 Å². The summed E-state index contributed by atoms with van der Waals surface area (Å²) < 4.78 is 33.2. The first-order valence-electron chi connectivity index (χ1n) is 9.63. The molecule has 2 aromatic rings. The van der Waals surface area contributed by atoms with E-state index < -0.39 is 11.6 Å². The molecule has 0 saturated carbocycles. The molecular formula is C22H27F2N3O. The van der Waals surface area contributed by atoms with Gasteiger partial charge in [-0.25, -0.2) is 8.78 Å². The van der Waals surface area contributed by atoms with Crippen molar-refractivity contribution in [2.75, 3.05) is 20.2 Å². The van der Waals surface area contributed by atoms with Crippen molar-refractivity contribution in [1.82, 2.24) is 10.6 Å². The van der Waals surface area contributed by atoms with Crippen LogP contribution in [0.25, 0.3) is 0 Å². The average molecular weight is 387 g/mol. The van der Waals surface area contributed by atoms with E-state index in [0.29, 0.717) is 18.4 Å². The summed E-state index contributed by atoms with van der Waals surface area (Å²) in [6, 6.07) is 11.9. The average Bonchev–Trinajstić information content (AvgIpc) is 2.71. The van der Waals surface area contributed by atoms with Crippen molar-refractivity contribution >= 4 is 5.96 Å². The van der Waals surface area contributed by atoms with Gasteiger partial charge in [-0.3, -0.25) is 4.99 Å². The zero-order chi connectivity index (χ0) is 19.9. The zero-order valence-electron chi connectivity index (χ0n) is 16.3. The third-order valence-electron chi connectivity index (χ3n) is 5.06. The monoisotopic (exact) mass is 387 g/mol. The maximum atomic E-state index is 13.8. The Kier molecular flexibility index (Phi) is 6.98. The molecule has 1 fully saturated rings. The highest BCUT2D eigenvalue weighted by molar-refractivity contribution is 5.79. The molecule has 2 atom stereocenters. The van der Waals surface area contributed by atoms with Gasteiger partial charge in [-0.15, -0.1) is 0 Å². The number of aliphatic imine (C=N–C) groups is 1. The second-order valence-electron chi connectivity index (χ2n) is 7.15. The highest BCUT2D eigenvalue weighted by Crippen LogP contribution is 2.33. The lowest BCUT2D eigenvalue weighted by Gasteiger charge is -2.32. The summed E-state index contributed by atoms with van der Waals surface area (Å²) in [4.78, 5) is 4.19. The summed E-state index contributed by atoms with van der Waals surface area (Å²) >= 11 is 0. The molecule has 0 amide bonds. The normalized spacial score (nSPS) is 20.1. The van der Waals surface area contributed by atoms with Crippen molar-refractivity contribution < 1.29 is 13.5 Å². The van der Waals surface area contributed by atoms with Gasteiger partial charge in [0.05, 0.1) is 6.10 Å². The molecule has 0 radical (unpaired) electrons. The third-order valence-corrected chi connectivity index (χ3v) is 5.06. The Morgan fingerprint density at radius 1 is 1.14 bits per heavy atom. The molecular weight excluding hydrogens is 360 g/mol. The summed E-state index contributed by atoms with van der Waals surface area (Å²) in [5, 5.41) is 6.34. The molecule has 1 heterocycles. The minimum Gasteiger partial charge on any atom is -0.373 e. The van der Waals surface area contributed by atoms with Crippen LogP contribution in [0.1, 0.15) is 35.6 Å². The summed E-state index contributed by atoms with van der Waals surface area (Å²) in [7, 11) is 1.66. The first kappa shape index (κ1) is 20.3. The molecule has 4 nitrogen and oxygen atoms in total. The predicted octanol–water partition coefficient (Wildman–Crippen LogP) is 4.11. The number of benzene rings is 2. The van der Waals surface area contributed by atoms with E-state index >= 15 is 0 Å². The van der Waals surface area contributed by atoms with Crippen LogP contribution in [0, 0.1) is 24.5 Å². The SMILES string of the molecule is CN=C(NCc1cc(F)ccc1F)NCC1CCCOC1c1ccc(C)cc1. The van der Waals surface area contributed by atoms with Crippen LogP contribution in [0.3, 0.4) is 0 Å². The van der Waals surface area contributed by atoms with Gasteiger partial charge >= 0.3 is 0 Å². The number of hydrogen-bond donors (Lipinski definition) is 2. The highest BCUT2D eigenvalue weighted by atomic mass is 19.1. The Balaban J connectivity index is 1.58. The molecule has 0 aliphatic carbocycles. The minimum absolute atomic E-state index is 0.0422. The second kappa shape index (κ2) is 9.64. The van der Waals surface area contributed by atoms with Gasteiger partial charge in [0.1, 0.15) is 11.6 Å². The predicted molar refractivity (Wildman–Crippen MR) is 107 cm³/mol. The van der Waals surface area contributed by atoms with Gasteiger partial charge in [0.15, 0.2) is 5.96 Å². The first-order valence-corrected chi connectivity index (χ1v) is 9.63. The number of nitrogens with zero attached hydrogens (tertiary/aromatic N) is 1. The van der Waals surface area contributed by atoms with Gasteiger partial charge in [-0.05, 0) is 43.5 Å². The van der Waals surface area contributed by atoms with Gasteiger partial charge in [0.25, 0.3) is 0 Å². The van der Waals surface area contributed by atoms with E-state index in [1.165, 1.54) is 17.2 Å². The molecule has 6 heteroatoms. The molecule has 1 aliphatic rings. The van der Waals surface area contributed by atoms with Gasteiger partial charge in [0, 0.05) is 38.2 Å². The summed E-state index contributed by atoms with van der Waals surface area (Å²) in [6.07, 6.45) is 2.12. The maximum Gasteiger partial charge on any atom is 0.191 e. The highest BCUT2D eigenvalue weighted by Gasteiger charge is 2.27. The number of ether oxygens (including phenoxy) is 1. The van der Waals surface area contributed by atoms with Crippen molar-refractivity contribution in [3.63, 3.8) is 0 Å². The van der Waals surface area contributed by atoms with Crippen LogP contribution >= 0.6 is 0 Å². The van der Waals surface area contributed by atoms with E-state index in [2.05, 4.69) is 46.8 Å². The number of hydrogen-bond acceptors (Lipinski definition) is 2. The van der Waals surface area contributed by atoms with E-state index in [4.69, 9.17) is 4.74 Å². The lowest BCUT2D eigenvalue weighted by atomic mass is 9.89. The van der Waals surface area contributed by atoms with Gasteiger partial charge in [-0.2, -0.15) is 0 Å². The molecule has 2 unspecified atom stereocenters. The molecule has 3 rings (SSSR count). The van der Waals surface area contributed by atoms with Crippen molar-refractivity contribution in [3.8, 4) is 0 Å². The van der Waals surface area contributed by atoms with Gasteiger partial charge in [0.2, 0.25) is 0 Å². The standard InChI is InChI=1S/C22H27F2N3O/c1-15-5-7-16(8-6-15)21-17(4-3-11-28-21)13-26-22(25-2)27-14-18-12-19(23)9-10-20(18)24/h5-10,12,17,21H,3-4,11,13-14H2,1-2H3,(H2,25,26,27). The van der Waals surface area contributed by atoms with E-state index in [9.17, 15) is 8.78 Å². The molecule has 0 spiro atoms. The van der Waals surface area contributed by atoms with Gasteiger partial charge < -0.3 is 15.4 Å². The van der Waals surface area contributed by atoms with Gasteiger partial charge in [-0.1, -0.05) is 29.8 Å². The molecule has 28 heavy (non-hydrogen) atoms. The second-order valence-corrected chi connectivity index (χ2v) is 7.15. The smallest absolute Gasteiger partial charge is 0.191 e. The summed E-state index contributed by atoms with van der Waals surface area (Å²) in [5.74, 6) is -0.0382. The molecule has 2 N–H and O–H groups in total. The lowest BCUT2D eigenvalue weighted by molar-refractivity contribution is -0.0265. The van der Waals surface area contributed by atoms with Crippen molar-refractivity contribution in [2.24, 2.45) is 10.9 Å². The van der Waals surface area contributed by atoms with E-state index in [1.54, 1.807) is 7.05 Å². The topological polar surface area (TPSA) is 45.7 Å². The van der Waals surface area contributed by atoms with Crippen LogP contribution in [0.2, 0.25) is 0 Å². The Bertz CT molecular complexity index is 808. The lowest BCUT2D eigenvalue weighted by Crippen LogP contribution is -2.41. The Morgan fingerprint density at radius 3 is 2.68 bits per heavy atom. The molecule has 0 aromatic heterocycles. The summed E-state index contributed by atoms with van der Waals surface area (Å²) in [6.45, 7) is 3.68. The Morgan fingerprint density at radius 2 is 1.93 bits per heavy atom. The Hall–Kier alpha value is -2.47. The first-order chi connectivity index (χ1) is 13.6.